The maximum atomic E-state index is 10.9. The zero-order valence-corrected chi connectivity index (χ0v) is 8.24. The van der Waals surface area contributed by atoms with Crippen LogP contribution in [-0.2, 0) is 16.1 Å². The summed E-state index contributed by atoms with van der Waals surface area (Å²) in [6.45, 7) is 2.05. The Bertz CT molecular complexity index is 288. The molecule has 0 amide bonds. The number of hydrogen-bond donors (Lipinski definition) is 0. The number of hydrogen-bond acceptors (Lipinski definition) is 6. The summed E-state index contributed by atoms with van der Waals surface area (Å²) in [6, 6.07) is 0. The van der Waals surface area contributed by atoms with Crippen molar-refractivity contribution >= 4 is 17.7 Å². The van der Waals surface area contributed by atoms with Gasteiger partial charge in [0.05, 0.1) is 7.11 Å². The maximum Gasteiger partial charge on any atom is 0.327 e. The maximum absolute atomic E-state index is 10.9. The number of carbonyl (C=O) groups excluding carboxylic acids is 1. The zero-order valence-electron chi connectivity index (χ0n) is 7.43. The van der Waals surface area contributed by atoms with Gasteiger partial charge in [-0.25, -0.2) is 4.68 Å². The second-order valence-electron chi connectivity index (χ2n) is 2.13. The smallest absolute Gasteiger partial charge is 0.327 e. The second-order valence-corrected chi connectivity index (χ2v) is 3.36. The Balaban J connectivity index is 2.64. The van der Waals surface area contributed by atoms with Crippen LogP contribution >= 0.6 is 11.8 Å². The highest BCUT2D eigenvalue weighted by molar-refractivity contribution is 7.99. The SMILES string of the molecule is CCSc1nnnn1CC(=O)OC. The van der Waals surface area contributed by atoms with Gasteiger partial charge in [-0.3, -0.25) is 4.79 Å². The fraction of sp³-hybridized carbons (Fsp3) is 0.667. The Morgan fingerprint density at radius 2 is 2.46 bits per heavy atom. The van der Waals surface area contributed by atoms with E-state index in [1.54, 1.807) is 0 Å². The summed E-state index contributed by atoms with van der Waals surface area (Å²) in [5.41, 5.74) is 0. The van der Waals surface area contributed by atoms with Gasteiger partial charge < -0.3 is 4.74 Å². The highest BCUT2D eigenvalue weighted by Crippen LogP contribution is 2.11. The van der Waals surface area contributed by atoms with Crippen molar-refractivity contribution < 1.29 is 9.53 Å². The van der Waals surface area contributed by atoms with Gasteiger partial charge >= 0.3 is 5.97 Å². The Morgan fingerprint density at radius 1 is 1.69 bits per heavy atom. The molecule has 0 saturated carbocycles. The van der Waals surface area contributed by atoms with Crippen molar-refractivity contribution in [1.29, 1.82) is 0 Å². The summed E-state index contributed by atoms with van der Waals surface area (Å²) in [6.07, 6.45) is 0. The summed E-state index contributed by atoms with van der Waals surface area (Å²) < 4.78 is 5.91. The van der Waals surface area contributed by atoms with Gasteiger partial charge in [-0.2, -0.15) is 0 Å². The van der Waals surface area contributed by atoms with Crippen LogP contribution in [0.2, 0.25) is 0 Å². The van der Waals surface area contributed by atoms with E-state index < -0.39 is 0 Å². The molecule has 6 nitrogen and oxygen atoms in total. The lowest BCUT2D eigenvalue weighted by Gasteiger charge is -2.00. The standard InChI is InChI=1S/C6H10N4O2S/c1-3-13-6-7-8-9-10(6)4-5(11)12-2/h3-4H2,1-2H3. The van der Waals surface area contributed by atoms with E-state index in [0.29, 0.717) is 5.16 Å². The Kier molecular flexibility index (Phi) is 3.69. The van der Waals surface area contributed by atoms with Crippen molar-refractivity contribution in [2.24, 2.45) is 0 Å². The molecule has 0 N–H and O–H groups in total. The van der Waals surface area contributed by atoms with Crippen molar-refractivity contribution in [2.75, 3.05) is 12.9 Å². The Hall–Kier alpha value is -1.11. The minimum absolute atomic E-state index is 0.0613. The molecular weight excluding hydrogens is 192 g/mol. The molecule has 1 aromatic heterocycles. The van der Waals surface area contributed by atoms with Gasteiger partial charge in [0.25, 0.3) is 0 Å². The van der Waals surface area contributed by atoms with Crippen LogP contribution in [0.15, 0.2) is 5.16 Å². The van der Waals surface area contributed by atoms with Crippen LogP contribution in [-0.4, -0.2) is 39.0 Å². The van der Waals surface area contributed by atoms with Gasteiger partial charge in [0.1, 0.15) is 6.54 Å². The number of ether oxygens (including phenoxy) is 1. The van der Waals surface area contributed by atoms with E-state index in [-0.39, 0.29) is 12.5 Å². The average Bonchev–Trinajstić information content (AvgIpc) is 2.54. The lowest BCUT2D eigenvalue weighted by molar-refractivity contribution is -0.141. The van der Waals surface area contributed by atoms with E-state index in [1.807, 2.05) is 6.92 Å². The number of esters is 1. The van der Waals surface area contributed by atoms with Crippen LogP contribution in [0.25, 0.3) is 0 Å². The summed E-state index contributed by atoms with van der Waals surface area (Å²) in [5, 5.41) is 11.5. The molecule has 0 unspecified atom stereocenters. The summed E-state index contributed by atoms with van der Waals surface area (Å²) in [4.78, 5) is 10.9. The number of tetrazole rings is 1. The summed E-state index contributed by atoms with van der Waals surface area (Å²) in [5.74, 6) is 0.506. The molecule has 0 fully saturated rings. The monoisotopic (exact) mass is 202 g/mol. The number of thioether (sulfide) groups is 1. The van der Waals surface area contributed by atoms with Gasteiger partial charge in [-0.05, 0) is 16.2 Å². The van der Waals surface area contributed by atoms with Crippen molar-refractivity contribution in [3.05, 3.63) is 0 Å². The second kappa shape index (κ2) is 4.80. The van der Waals surface area contributed by atoms with Crippen LogP contribution < -0.4 is 0 Å². The van der Waals surface area contributed by atoms with Crippen LogP contribution in [0, 0.1) is 0 Å². The van der Waals surface area contributed by atoms with Gasteiger partial charge in [0, 0.05) is 0 Å². The Labute approximate surface area is 79.6 Å². The van der Waals surface area contributed by atoms with Gasteiger partial charge in [0.2, 0.25) is 5.16 Å². The van der Waals surface area contributed by atoms with E-state index in [2.05, 4.69) is 20.3 Å². The molecule has 0 atom stereocenters. The minimum Gasteiger partial charge on any atom is -0.468 e. The van der Waals surface area contributed by atoms with Crippen LogP contribution in [0.5, 0.6) is 0 Å². The number of nitrogens with zero attached hydrogens (tertiary/aromatic N) is 4. The highest BCUT2D eigenvalue weighted by atomic mass is 32.2. The van der Waals surface area contributed by atoms with Crippen LogP contribution in [0.1, 0.15) is 6.92 Å². The lowest BCUT2D eigenvalue weighted by Crippen LogP contribution is -2.13. The van der Waals surface area contributed by atoms with E-state index in [9.17, 15) is 4.79 Å². The van der Waals surface area contributed by atoms with Crippen molar-refractivity contribution in [1.82, 2.24) is 20.2 Å². The van der Waals surface area contributed by atoms with Crippen molar-refractivity contribution in [3.63, 3.8) is 0 Å². The van der Waals surface area contributed by atoms with E-state index in [4.69, 9.17) is 0 Å². The quantitative estimate of drug-likeness (QED) is 0.504. The fourth-order valence-corrected chi connectivity index (χ4v) is 1.32. The predicted octanol–water partition coefficient (Wildman–Crippen LogP) is -0.0419. The largest absolute Gasteiger partial charge is 0.468 e. The first-order chi connectivity index (χ1) is 6.27. The third-order valence-electron chi connectivity index (χ3n) is 1.28. The first kappa shape index (κ1) is 9.97. The fourth-order valence-electron chi connectivity index (χ4n) is 0.715. The van der Waals surface area contributed by atoms with Crippen molar-refractivity contribution in [2.45, 2.75) is 18.6 Å². The number of methoxy groups -OCH3 is 1. The molecule has 7 heteroatoms. The first-order valence-corrected chi connectivity index (χ1v) is 4.72. The molecule has 72 valence electrons. The molecule has 0 saturated heterocycles. The summed E-state index contributed by atoms with van der Waals surface area (Å²) >= 11 is 1.48. The van der Waals surface area contributed by atoms with Gasteiger partial charge in [-0.1, -0.05) is 18.7 Å². The van der Waals surface area contributed by atoms with Crippen LogP contribution in [0.3, 0.4) is 0 Å². The molecular formula is C6H10N4O2S. The molecule has 0 aliphatic rings. The average molecular weight is 202 g/mol. The van der Waals surface area contributed by atoms with E-state index >= 15 is 0 Å². The Morgan fingerprint density at radius 3 is 3.08 bits per heavy atom. The molecule has 0 aliphatic carbocycles. The van der Waals surface area contributed by atoms with Gasteiger partial charge in [-0.15, -0.1) is 5.10 Å². The number of rotatable bonds is 4. The van der Waals surface area contributed by atoms with Crippen LogP contribution in [0.4, 0.5) is 0 Å². The topological polar surface area (TPSA) is 69.9 Å². The first-order valence-electron chi connectivity index (χ1n) is 3.73. The minimum atomic E-state index is -0.356. The third kappa shape index (κ3) is 2.69. The molecule has 1 rings (SSSR count). The molecule has 0 bridgehead atoms. The third-order valence-corrected chi connectivity index (χ3v) is 2.12. The molecule has 1 heterocycles. The predicted molar refractivity (Wildman–Crippen MR) is 46.2 cm³/mol. The molecule has 0 aliphatic heterocycles. The molecule has 0 spiro atoms. The molecule has 1 aromatic rings. The highest BCUT2D eigenvalue weighted by Gasteiger charge is 2.09. The zero-order chi connectivity index (χ0) is 9.68. The molecule has 0 radical (unpaired) electrons. The van der Waals surface area contributed by atoms with Gasteiger partial charge in [0.15, 0.2) is 0 Å². The molecule has 0 aromatic carbocycles. The number of aromatic nitrogens is 4. The lowest BCUT2D eigenvalue weighted by atomic mass is 10.7. The van der Waals surface area contributed by atoms with E-state index in [1.165, 1.54) is 23.6 Å². The van der Waals surface area contributed by atoms with Crippen molar-refractivity contribution in [3.8, 4) is 0 Å². The van der Waals surface area contributed by atoms with E-state index in [0.717, 1.165) is 5.75 Å². The number of carbonyl (C=O) groups is 1. The summed E-state index contributed by atoms with van der Waals surface area (Å²) in [7, 11) is 1.33. The molecule has 13 heavy (non-hydrogen) atoms. The normalized spacial score (nSPS) is 10.0.